The van der Waals surface area contributed by atoms with Gasteiger partial charge in [0.25, 0.3) is 0 Å². The van der Waals surface area contributed by atoms with Crippen LogP contribution in [0.5, 0.6) is 0 Å². The van der Waals surface area contributed by atoms with Gasteiger partial charge in [-0.1, -0.05) is 0 Å². The van der Waals surface area contributed by atoms with Crippen LogP contribution in [0.3, 0.4) is 0 Å². The third kappa shape index (κ3) is 2.84. The van der Waals surface area contributed by atoms with E-state index in [1.54, 1.807) is 11.1 Å². The van der Waals surface area contributed by atoms with Crippen molar-refractivity contribution in [2.45, 2.75) is 25.9 Å². The number of amides is 2. The Morgan fingerprint density at radius 1 is 1.42 bits per heavy atom. The summed E-state index contributed by atoms with van der Waals surface area (Å²) in [5.41, 5.74) is 2.00. The molecule has 0 unspecified atom stereocenters. The topological polar surface area (TPSA) is 67.3 Å². The van der Waals surface area contributed by atoms with Crippen LogP contribution in [0.4, 0.5) is 4.79 Å². The SMILES string of the molecule is O=C(NCC1CCOCC1)N1Cc2cncnc2C1. The minimum absolute atomic E-state index is 0.00973. The first-order chi connectivity index (χ1) is 9.33. The van der Waals surface area contributed by atoms with Crippen LogP contribution in [0.2, 0.25) is 0 Å². The zero-order chi connectivity index (χ0) is 13.1. The highest BCUT2D eigenvalue weighted by atomic mass is 16.5. The van der Waals surface area contributed by atoms with E-state index in [-0.39, 0.29) is 6.03 Å². The number of carbonyl (C=O) groups excluding carboxylic acids is 1. The van der Waals surface area contributed by atoms with Gasteiger partial charge >= 0.3 is 6.03 Å². The molecule has 2 aliphatic heterocycles. The molecule has 0 spiro atoms. The van der Waals surface area contributed by atoms with Crippen molar-refractivity contribution in [2.75, 3.05) is 19.8 Å². The van der Waals surface area contributed by atoms with Crippen molar-refractivity contribution < 1.29 is 9.53 Å². The second kappa shape index (κ2) is 5.52. The van der Waals surface area contributed by atoms with Crippen molar-refractivity contribution in [1.29, 1.82) is 0 Å². The van der Waals surface area contributed by atoms with Crippen LogP contribution < -0.4 is 5.32 Å². The maximum absolute atomic E-state index is 12.1. The lowest BCUT2D eigenvalue weighted by molar-refractivity contribution is 0.0664. The van der Waals surface area contributed by atoms with Gasteiger partial charge in [0, 0.05) is 31.5 Å². The summed E-state index contributed by atoms with van der Waals surface area (Å²) in [5.74, 6) is 0.544. The molecule has 1 aromatic heterocycles. The van der Waals surface area contributed by atoms with Gasteiger partial charge in [0.2, 0.25) is 0 Å². The molecule has 6 nitrogen and oxygen atoms in total. The second-order valence-electron chi connectivity index (χ2n) is 5.09. The third-order valence-corrected chi connectivity index (χ3v) is 3.75. The number of aromatic nitrogens is 2. The van der Waals surface area contributed by atoms with E-state index >= 15 is 0 Å². The lowest BCUT2D eigenvalue weighted by atomic mass is 10.0. The molecule has 0 aliphatic carbocycles. The summed E-state index contributed by atoms with van der Waals surface area (Å²) in [4.78, 5) is 22.0. The number of carbonyl (C=O) groups is 1. The number of rotatable bonds is 2. The molecule has 6 heteroatoms. The zero-order valence-corrected chi connectivity index (χ0v) is 10.8. The van der Waals surface area contributed by atoms with Crippen molar-refractivity contribution in [3.05, 3.63) is 23.8 Å². The van der Waals surface area contributed by atoms with E-state index in [2.05, 4.69) is 15.3 Å². The van der Waals surface area contributed by atoms with Gasteiger partial charge in [0.05, 0.1) is 18.8 Å². The third-order valence-electron chi connectivity index (χ3n) is 3.75. The molecule has 0 radical (unpaired) electrons. The van der Waals surface area contributed by atoms with E-state index < -0.39 is 0 Å². The predicted octanol–water partition coefficient (Wildman–Crippen LogP) is 0.928. The lowest BCUT2D eigenvalue weighted by Gasteiger charge is -2.23. The lowest BCUT2D eigenvalue weighted by Crippen LogP contribution is -2.40. The summed E-state index contributed by atoms with van der Waals surface area (Å²) in [6, 6.07) is -0.00973. The highest BCUT2D eigenvalue weighted by molar-refractivity contribution is 5.74. The van der Waals surface area contributed by atoms with Crippen molar-refractivity contribution >= 4 is 6.03 Å². The Bertz CT molecular complexity index is 435. The summed E-state index contributed by atoms with van der Waals surface area (Å²) in [6.07, 6.45) is 5.38. The van der Waals surface area contributed by atoms with Gasteiger partial charge in [0.15, 0.2) is 0 Å². The fourth-order valence-electron chi connectivity index (χ4n) is 2.54. The Morgan fingerprint density at radius 3 is 3.05 bits per heavy atom. The monoisotopic (exact) mass is 262 g/mol. The van der Waals surface area contributed by atoms with Crippen LogP contribution in [0, 0.1) is 5.92 Å². The maximum atomic E-state index is 12.1. The highest BCUT2D eigenvalue weighted by Gasteiger charge is 2.25. The van der Waals surface area contributed by atoms with Crippen molar-refractivity contribution in [3.8, 4) is 0 Å². The van der Waals surface area contributed by atoms with Crippen LogP contribution >= 0.6 is 0 Å². The summed E-state index contributed by atoms with van der Waals surface area (Å²) in [5, 5.41) is 3.01. The molecular formula is C13H18N4O2. The Morgan fingerprint density at radius 2 is 2.26 bits per heavy atom. The Labute approximate surface area is 112 Å². The van der Waals surface area contributed by atoms with Gasteiger partial charge in [-0.05, 0) is 18.8 Å². The Kier molecular flexibility index (Phi) is 3.59. The number of nitrogens with zero attached hydrogens (tertiary/aromatic N) is 3. The Balaban J connectivity index is 1.49. The van der Waals surface area contributed by atoms with E-state index in [4.69, 9.17) is 4.74 Å². The number of hydrogen-bond acceptors (Lipinski definition) is 4. The summed E-state index contributed by atoms with van der Waals surface area (Å²) in [6.45, 7) is 3.55. The normalized spacial score (nSPS) is 19.3. The minimum Gasteiger partial charge on any atom is -0.381 e. The van der Waals surface area contributed by atoms with E-state index in [0.717, 1.165) is 43.9 Å². The minimum atomic E-state index is -0.00973. The fraction of sp³-hybridized carbons (Fsp3) is 0.615. The number of urea groups is 1. The molecule has 102 valence electrons. The molecule has 1 N–H and O–H groups in total. The molecule has 1 fully saturated rings. The molecule has 2 aliphatic rings. The van der Waals surface area contributed by atoms with Crippen LogP contribution in [0.1, 0.15) is 24.1 Å². The van der Waals surface area contributed by atoms with Gasteiger partial charge in [0.1, 0.15) is 6.33 Å². The molecule has 19 heavy (non-hydrogen) atoms. The van der Waals surface area contributed by atoms with Crippen LogP contribution in [-0.2, 0) is 17.8 Å². The average molecular weight is 262 g/mol. The standard InChI is InChI=1S/C13H18N4O2/c18-13(15-5-10-1-3-19-4-2-10)17-7-11-6-14-9-16-12(11)8-17/h6,9-10H,1-5,7-8H2,(H,15,18). The van der Waals surface area contributed by atoms with Gasteiger partial charge in [-0.3, -0.25) is 0 Å². The van der Waals surface area contributed by atoms with E-state index in [1.807, 2.05) is 0 Å². The van der Waals surface area contributed by atoms with Gasteiger partial charge in [-0.2, -0.15) is 0 Å². The molecule has 1 saturated heterocycles. The number of ether oxygens (including phenoxy) is 1. The summed E-state index contributed by atoms with van der Waals surface area (Å²) >= 11 is 0. The smallest absolute Gasteiger partial charge is 0.318 e. The second-order valence-corrected chi connectivity index (χ2v) is 5.09. The first-order valence-corrected chi connectivity index (χ1v) is 6.71. The zero-order valence-electron chi connectivity index (χ0n) is 10.8. The van der Waals surface area contributed by atoms with Gasteiger partial charge in [-0.15, -0.1) is 0 Å². The molecule has 0 bridgehead atoms. The van der Waals surface area contributed by atoms with Gasteiger partial charge in [-0.25, -0.2) is 14.8 Å². The first-order valence-electron chi connectivity index (χ1n) is 6.71. The molecule has 2 amide bonds. The largest absolute Gasteiger partial charge is 0.381 e. The number of nitrogens with one attached hydrogen (secondary N) is 1. The molecule has 0 saturated carbocycles. The summed E-state index contributed by atoms with van der Waals surface area (Å²) < 4.78 is 5.31. The number of fused-ring (bicyclic) bond motifs is 1. The molecule has 1 aromatic rings. The molecular weight excluding hydrogens is 244 g/mol. The Hall–Kier alpha value is -1.69. The fourth-order valence-corrected chi connectivity index (χ4v) is 2.54. The van der Waals surface area contributed by atoms with E-state index in [1.165, 1.54) is 6.33 Å². The number of hydrogen-bond donors (Lipinski definition) is 1. The van der Waals surface area contributed by atoms with Crippen molar-refractivity contribution in [3.63, 3.8) is 0 Å². The predicted molar refractivity (Wildman–Crippen MR) is 68.2 cm³/mol. The summed E-state index contributed by atoms with van der Waals surface area (Å²) in [7, 11) is 0. The molecule has 0 aromatic carbocycles. The van der Waals surface area contributed by atoms with Gasteiger partial charge < -0.3 is 15.0 Å². The molecule has 0 atom stereocenters. The molecule has 3 rings (SSSR count). The molecule has 3 heterocycles. The van der Waals surface area contributed by atoms with Crippen LogP contribution in [-0.4, -0.2) is 40.7 Å². The van der Waals surface area contributed by atoms with Crippen LogP contribution in [0.15, 0.2) is 12.5 Å². The van der Waals surface area contributed by atoms with Crippen molar-refractivity contribution in [2.24, 2.45) is 5.92 Å². The maximum Gasteiger partial charge on any atom is 0.318 e. The highest BCUT2D eigenvalue weighted by Crippen LogP contribution is 2.19. The van der Waals surface area contributed by atoms with E-state index in [9.17, 15) is 4.79 Å². The quantitative estimate of drug-likeness (QED) is 0.861. The first kappa shape index (κ1) is 12.3. The van der Waals surface area contributed by atoms with Crippen molar-refractivity contribution in [1.82, 2.24) is 20.2 Å². The van der Waals surface area contributed by atoms with E-state index in [0.29, 0.717) is 19.0 Å². The average Bonchev–Trinajstić information content (AvgIpc) is 2.90. The van der Waals surface area contributed by atoms with Crippen LogP contribution in [0.25, 0.3) is 0 Å².